The molecule has 1 heterocycles. The average molecular weight is 710 g/mol. The van der Waals surface area contributed by atoms with Gasteiger partial charge in [-0.3, -0.25) is 0 Å². The third kappa shape index (κ3) is 7.50. The van der Waals surface area contributed by atoms with Crippen LogP contribution in [0.5, 0.6) is 17.2 Å². The van der Waals surface area contributed by atoms with Crippen molar-refractivity contribution in [2.75, 3.05) is 0 Å². The Kier molecular flexibility index (Phi) is 10.6. The minimum absolute atomic E-state index is 0.0669. The Bertz CT molecular complexity index is 2040. The summed E-state index contributed by atoms with van der Waals surface area (Å²) >= 11 is 0. The highest BCUT2D eigenvalue weighted by molar-refractivity contribution is 5.48. The number of benzene rings is 3. The van der Waals surface area contributed by atoms with Gasteiger partial charge in [-0.2, -0.15) is 0 Å². The Morgan fingerprint density at radius 2 is 0.846 bits per heavy atom. The topological polar surface area (TPSA) is 127 Å². The van der Waals surface area contributed by atoms with Crippen molar-refractivity contribution in [2.45, 2.75) is 143 Å². The van der Waals surface area contributed by atoms with Crippen molar-refractivity contribution < 1.29 is 15.3 Å². The van der Waals surface area contributed by atoms with Crippen LogP contribution in [0.25, 0.3) is 0 Å². The molecular formula is C43H55N3O6. The van der Waals surface area contributed by atoms with Crippen molar-refractivity contribution in [3.63, 3.8) is 0 Å². The Hall–Kier alpha value is -4.53. The van der Waals surface area contributed by atoms with Crippen LogP contribution in [-0.2, 0) is 25.0 Å². The number of aryl methyl sites for hydroxylation is 3. The highest BCUT2D eigenvalue weighted by Crippen LogP contribution is 2.40. The molecular weight excluding hydrogens is 654 g/mol. The molecule has 2 saturated carbocycles. The standard InChI is InChI=1S/C43H55N3O6/c1-26-17-29(20-34(37(26)47)32-13-9-7-10-14-32)23-44-40(50)45(24-30-18-27(2)38(48)35(21-30)33-15-11-8-12-16-33)42(52)46(41(44)51)25-31-19-28(3)39(49)36(22-31)43(4,5)6/h17-22,32-33,47-49H,7-16,23-25H2,1-6H3. The van der Waals surface area contributed by atoms with E-state index in [2.05, 4.69) is 0 Å². The minimum Gasteiger partial charge on any atom is -0.507 e. The Morgan fingerprint density at radius 1 is 0.519 bits per heavy atom. The van der Waals surface area contributed by atoms with E-state index < -0.39 is 22.5 Å². The molecule has 0 spiro atoms. The summed E-state index contributed by atoms with van der Waals surface area (Å²) in [5.74, 6) is 1.12. The van der Waals surface area contributed by atoms with Gasteiger partial charge in [0.25, 0.3) is 0 Å². The van der Waals surface area contributed by atoms with Crippen molar-refractivity contribution >= 4 is 0 Å². The summed E-state index contributed by atoms with van der Waals surface area (Å²) in [6.07, 6.45) is 10.6. The first-order chi connectivity index (χ1) is 24.6. The average Bonchev–Trinajstić information content (AvgIpc) is 3.11. The number of rotatable bonds is 8. The normalized spacial score (nSPS) is 16.0. The van der Waals surface area contributed by atoms with Crippen LogP contribution in [0, 0.1) is 20.8 Å². The Labute approximate surface area is 306 Å². The molecule has 278 valence electrons. The first-order valence-electron chi connectivity index (χ1n) is 19.1. The van der Waals surface area contributed by atoms with Gasteiger partial charge in [-0.05, 0) is 120 Å². The lowest BCUT2D eigenvalue weighted by atomic mass is 9.82. The van der Waals surface area contributed by atoms with Crippen LogP contribution in [0.1, 0.15) is 147 Å². The highest BCUT2D eigenvalue weighted by Gasteiger charge is 2.25. The maximum absolute atomic E-state index is 14.4. The summed E-state index contributed by atoms with van der Waals surface area (Å²) in [6.45, 7) is 11.2. The molecule has 2 aliphatic rings. The van der Waals surface area contributed by atoms with Gasteiger partial charge in [0.15, 0.2) is 0 Å². The molecule has 2 aliphatic carbocycles. The van der Waals surface area contributed by atoms with Gasteiger partial charge in [0.05, 0.1) is 19.6 Å². The number of hydrogen-bond acceptors (Lipinski definition) is 6. The number of phenols is 3. The summed E-state index contributed by atoms with van der Waals surface area (Å²) in [6, 6.07) is 11.1. The monoisotopic (exact) mass is 709 g/mol. The molecule has 9 heteroatoms. The lowest BCUT2D eigenvalue weighted by molar-refractivity contribution is 0.411. The number of nitrogens with zero attached hydrogens (tertiary/aromatic N) is 3. The summed E-state index contributed by atoms with van der Waals surface area (Å²) < 4.78 is 3.38. The van der Waals surface area contributed by atoms with Crippen LogP contribution < -0.4 is 17.1 Å². The van der Waals surface area contributed by atoms with E-state index in [1.54, 1.807) is 13.0 Å². The van der Waals surface area contributed by atoms with Crippen LogP contribution in [0.3, 0.4) is 0 Å². The van der Waals surface area contributed by atoms with E-state index in [0.717, 1.165) is 76.2 Å². The van der Waals surface area contributed by atoms with Crippen LogP contribution in [-0.4, -0.2) is 29.0 Å². The molecule has 4 aromatic rings. The largest absolute Gasteiger partial charge is 0.507 e. The van der Waals surface area contributed by atoms with Gasteiger partial charge in [-0.15, -0.1) is 0 Å². The van der Waals surface area contributed by atoms with E-state index in [0.29, 0.717) is 38.9 Å². The van der Waals surface area contributed by atoms with E-state index >= 15 is 0 Å². The van der Waals surface area contributed by atoms with Gasteiger partial charge < -0.3 is 15.3 Å². The SMILES string of the molecule is Cc1cc(Cn2c(=O)n(Cc3cc(C)c(O)c(C4CCCCC4)c3)c(=O)n(Cc3cc(C)c(O)c(C(C)(C)C)c3)c2=O)cc(C2CCCCC2)c1O. The van der Waals surface area contributed by atoms with Crippen LogP contribution in [0.15, 0.2) is 50.8 Å². The second-order valence-corrected chi connectivity index (χ2v) is 16.5. The smallest absolute Gasteiger partial charge is 0.336 e. The third-order valence-corrected chi connectivity index (χ3v) is 11.4. The molecule has 0 amide bonds. The maximum atomic E-state index is 14.4. The lowest BCUT2D eigenvalue weighted by Crippen LogP contribution is -2.54. The third-order valence-electron chi connectivity index (χ3n) is 11.4. The second-order valence-electron chi connectivity index (χ2n) is 16.5. The quantitative estimate of drug-likeness (QED) is 0.172. The fourth-order valence-electron chi connectivity index (χ4n) is 8.55. The zero-order chi connectivity index (χ0) is 37.5. The first kappa shape index (κ1) is 37.2. The molecule has 0 aliphatic heterocycles. The molecule has 3 N–H and O–H groups in total. The fourth-order valence-corrected chi connectivity index (χ4v) is 8.55. The molecule has 0 radical (unpaired) electrons. The lowest BCUT2D eigenvalue weighted by Gasteiger charge is -2.25. The van der Waals surface area contributed by atoms with Gasteiger partial charge >= 0.3 is 17.1 Å². The predicted octanol–water partition coefficient (Wildman–Crippen LogP) is 7.75. The van der Waals surface area contributed by atoms with Crippen molar-refractivity contribution in [1.29, 1.82) is 0 Å². The molecule has 0 atom stereocenters. The Balaban J connectivity index is 1.49. The van der Waals surface area contributed by atoms with Crippen molar-refractivity contribution in [1.82, 2.24) is 13.7 Å². The highest BCUT2D eigenvalue weighted by atomic mass is 16.3. The minimum atomic E-state index is -0.719. The first-order valence-corrected chi connectivity index (χ1v) is 19.1. The number of aromatic nitrogens is 3. The summed E-state index contributed by atoms with van der Waals surface area (Å²) in [5.41, 5.74) is 3.94. The van der Waals surface area contributed by atoms with Gasteiger partial charge in [0.1, 0.15) is 17.2 Å². The van der Waals surface area contributed by atoms with Crippen molar-refractivity contribution in [3.8, 4) is 17.2 Å². The molecule has 3 aromatic carbocycles. The van der Waals surface area contributed by atoms with E-state index in [1.165, 1.54) is 12.8 Å². The number of aromatic hydroxyl groups is 3. The van der Waals surface area contributed by atoms with E-state index in [1.807, 2.05) is 65.0 Å². The van der Waals surface area contributed by atoms with Crippen LogP contribution in [0.2, 0.25) is 0 Å². The maximum Gasteiger partial charge on any atom is 0.336 e. The van der Waals surface area contributed by atoms with E-state index in [-0.39, 0.29) is 48.7 Å². The summed E-state index contributed by atoms with van der Waals surface area (Å²) in [5, 5.41) is 33.0. The molecule has 2 fully saturated rings. The van der Waals surface area contributed by atoms with E-state index in [9.17, 15) is 29.7 Å². The molecule has 9 nitrogen and oxygen atoms in total. The molecule has 0 unspecified atom stereocenters. The number of hydrogen-bond donors (Lipinski definition) is 3. The fraction of sp³-hybridized carbons (Fsp3) is 0.512. The van der Waals surface area contributed by atoms with Gasteiger partial charge in [0.2, 0.25) is 0 Å². The van der Waals surface area contributed by atoms with Gasteiger partial charge in [0, 0.05) is 0 Å². The van der Waals surface area contributed by atoms with Crippen molar-refractivity contribution in [3.05, 3.63) is 118 Å². The molecule has 0 bridgehead atoms. The molecule has 0 saturated heterocycles. The molecule has 1 aromatic heterocycles. The van der Waals surface area contributed by atoms with E-state index in [4.69, 9.17) is 0 Å². The molecule has 52 heavy (non-hydrogen) atoms. The zero-order valence-electron chi connectivity index (χ0n) is 31.7. The van der Waals surface area contributed by atoms with Crippen LogP contribution >= 0.6 is 0 Å². The van der Waals surface area contributed by atoms with Gasteiger partial charge in [-0.1, -0.05) is 89.6 Å². The molecule has 6 rings (SSSR count). The number of phenolic OH excluding ortho intramolecular Hbond substituents is 3. The summed E-state index contributed by atoms with van der Waals surface area (Å²) in [4.78, 5) is 43.0. The summed E-state index contributed by atoms with van der Waals surface area (Å²) in [7, 11) is 0. The Morgan fingerprint density at radius 3 is 1.19 bits per heavy atom. The van der Waals surface area contributed by atoms with Crippen LogP contribution in [0.4, 0.5) is 0 Å². The zero-order valence-corrected chi connectivity index (χ0v) is 31.7. The van der Waals surface area contributed by atoms with Crippen molar-refractivity contribution in [2.24, 2.45) is 0 Å². The second kappa shape index (κ2) is 14.8. The van der Waals surface area contributed by atoms with Gasteiger partial charge in [-0.25, -0.2) is 28.1 Å². The predicted molar refractivity (Wildman–Crippen MR) is 205 cm³/mol.